The molecule has 102 valence electrons. The maximum atomic E-state index is 11.8. The van der Waals surface area contributed by atoms with Crippen LogP contribution >= 0.6 is 0 Å². The lowest BCUT2D eigenvalue weighted by Gasteiger charge is -2.11. The third kappa shape index (κ3) is 3.79. The smallest absolute Gasteiger partial charge is 0.305 e. The number of benzene rings is 1. The predicted octanol–water partition coefficient (Wildman–Crippen LogP) is 0.596. The van der Waals surface area contributed by atoms with Crippen LogP contribution in [0, 0.1) is 0 Å². The van der Waals surface area contributed by atoms with Crippen molar-refractivity contribution in [3.8, 4) is 0 Å². The van der Waals surface area contributed by atoms with Crippen molar-refractivity contribution in [2.24, 2.45) is 0 Å². The van der Waals surface area contributed by atoms with E-state index in [1.165, 1.54) is 7.11 Å². The van der Waals surface area contributed by atoms with Gasteiger partial charge in [-0.1, -0.05) is 30.3 Å². The van der Waals surface area contributed by atoms with Crippen molar-refractivity contribution in [2.75, 3.05) is 7.11 Å². The van der Waals surface area contributed by atoms with Crippen LogP contribution < -0.4 is 10.6 Å². The molecule has 19 heavy (non-hydrogen) atoms. The maximum absolute atomic E-state index is 11.8. The zero-order valence-electron chi connectivity index (χ0n) is 10.9. The first kappa shape index (κ1) is 13.5. The fourth-order valence-electron chi connectivity index (χ4n) is 2.15. The number of amides is 1. The first-order valence-corrected chi connectivity index (χ1v) is 6.36. The van der Waals surface area contributed by atoms with Crippen LogP contribution in [0.15, 0.2) is 30.3 Å². The van der Waals surface area contributed by atoms with Gasteiger partial charge in [0.25, 0.3) is 0 Å². The third-order valence-corrected chi connectivity index (χ3v) is 3.18. The summed E-state index contributed by atoms with van der Waals surface area (Å²) in [5.41, 5.74) is 1.11. The summed E-state index contributed by atoms with van der Waals surface area (Å²) in [4.78, 5) is 22.9. The van der Waals surface area contributed by atoms with Crippen LogP contribution in [-0.2, 0) is 20.7 Å². The summed E-state index contributed by atoms with van der Waals surface area (Å²) in [6, 6.07) is 9.62. The molecule has 1 amide bonds. The molecule has 0 bridgehead atoms. The Morgan fingerprint density at radius 3 is 2.74 bits per heavy atom. The van der Waals surface area contributed by atoms with Crippen LogP contribution in [0.1, 0.15) is 18.4 Å². The van der Waals surface area contributed by atoms with E-state index < -0.39 is 0 Å². The van der Waals surface area contributed by atoms with E-state index >= 15 is 0 Å². The lowest BCUT2D eigenvalue weighted by Crippen LogP contribution is -2.34. The molecule has 1 aromatic rings. The van der Waals surface area contributed by atoms with Crippen molar-refractivity contribution < 1.29 is 14.3 Å². The quantitative estimate of drug-likeness (QED) is 0.762. The molecule has 0 radical (unpaired) electrons. The first-order chi connectivity index (χ1) is 9.19. The molecule has 0 spiro atoms. The summed E-state index contributed by atoms with van der Waals surface area (Å²) in [6.07, 6.45) is 1.35. The molecule has 1 aliphatic rings. The summed E-state index contributed by atoms with van der Waals surface area (Å²) >= 11 is 0. The molecule has 1 unspecified atom stereocenters. The van der Waals surface area contributed by atoms with Gasteiger partial charge in [0.05, 0.1) is 19.3 Å². The Kier molecular flexibility index (Phi) is 4.52. The van der Waals surface area contributed by atoms with Gasteiger partial charge in [0.15, 0.2) is 0 Å². The minimum Gasteiger partial charge on any atom is -0.469 e. The summed E-state index contributed by atoms with van der Waals surface area (Å²) in [6.45, 7) is 0. The molecule has 5 nitrogen and oxygen atoms in total. The van der Waals surface area contributed by atoms with Gasteiger partial charge in [-0.2, -0.15) is 0 Å². The third-order valence-electron chi connectivity index (χ3n) is 3.18. The molecular formula is C14H18N2O3. The van der Waals surface area contributed by atoms with Crippen molar-refractivity contribution in [2.45, 2.75) is 31.5 Å². The Balaban J connectivity index is 1.84. The van der Waals surface area contributed by atoms with Crippen LogP contribution in [0.5, 0.6) is 0 Å². The van der Waals surface area contributed by atoms with Gasteiger partial charge < -0.3 is 10.1 Å². The molecule has 1 heterocycles. The molecule has 1 aliphatic heterocycles. The lowest BCUT2D eigenvalue weighted by molar-refractivity contribution is -0.141. The molecule has 5 heteroatoms. The van der Waals surface area contributed by atoms with E-state index in [1.807, 2.05) is 30.3 Å². The molecule has 0 aliphatic carbocycles. The van der Waals surface area contributed by atoms with Gasteiger partial charge in [0.1, 0.15) is 0 Å². The molecule has 1 saturated heterocycles. The van der Waals surface area contributed by atoms with Gasteiger partial charge in [-0.3, -0.25) is 14.9 Å². The molecule has 0 saturated carbocycles. The summed E-state index contributed by atoms with van der Waals surface area (Å²) in [5.74, 6) is -0.277. The summed E-state index contributed by atoms with van der Waals surface area (Å²) in [7, 11) is 1.36. The Morgan fingerprint density at radius 1 is 1.32 bits per heavy atom. The van der Waals surface area contributed by atoms with Crippen molar-refractivity contribution in [3.63, 3.8) is 0 Å². The van der Waals surface area contributed by atoms with Gasteiger partial charge in [-0.15, -0.1) is 0 Å². The predicted molar refractivity (Wildman–Crippen MR) is 70.3 cm³/mol. The van der Waals surface area contributed by atoms with E-state index in [9.17, 15) is 9.59 Å². The van der Waals surface area contributed by atoms with Crippen LogP contribution in [-0.4, -0.2) is 31.2 Å². The number of nitrogens with one attached hydrogen (secondary N) is 2. The molecule has 2 N–H and O–H groups in total. The average Bonchev–Trinajstić information content (AvgIpc) is 2.78. The van der Waals surface area contributed by atoms with E-state index in [0.29, 0.717) is 19.3 Å². The second-order valence-electron chi connectivity index (χ2n) is 4.58. The van der Waals surface area contributed by atoms with Crippen LogP contribution in [0.2, 0.25) is 0 Å². The number of ether oxygens (including phenoxy) is 1. The number of carbonyl (C=O) groups excluding carboxylic acids is 2. The van der Waals surface area contributed by atoms with E-state index in [1.54, 1.807) is 0 Å². The second kappa shape index (κ2) is 6.33. The zero-order valence-corrected chi connectivity index (χ0v) is 10.9. The fraction of sp³-hybridized carbons (Fsp3) is 0.429. The second-order valence-corrected chi connectivity index (χ2v) is 4.58. The van der Waals surface area contributed by atoms with Crippen LogP contribution in [0.4, 0.5) is 0 Å². The van der Waals surface area contributed by atoms with E-state index in [4.69, 9.17) is 0 Å². The lowest BCUT2D eigenvalue weighted by atomic mass is 10.1. The maximum Gasteiger partial charge on any atom is 0.305 e. The first-order valence-electron chi connectivity index (χ1n) is 6.36. The fourth-order valence-corrected chi connectivity index (χ4v) is 2.15. The standard InChI is InChI=1S/C14H18N2O3/c1-19-13(17)8-7-12-15-11(14(18)16-12)9-10-5-3-2-4-6-10/h2-6,11-12,15H,7-9H2,1H3,(H,16,18)/t11-,12?/m1/s1. The normalized spacial score (nSPS) is 22.1. The number of methoxy groups -OCH3 is 1. The topological polar surface area (TPSA) is 67.4 Å². The minimum atomic E-state index is -0.262. The number of hydrogen-bond acceptors (Lipinski definition) is 4. The van der Waals surface area contributed by atoms with Crippen LogP contribution in [0.3, 0.4) is 0 Å². The van der Waals surface area contributed by atoms with Crippen molar-refractivity contribution >= 4 is 11.9 Å². The molecule has 1 fully saturated rings. The zero-order chi connectivity index (χ0) is 13.7. The highest BCUT2D eigenvalue weighted by atomic mass is 16.5. The van der Waals surface area contributed by atoms with Gasteiger partial charge in [0.2, 0.25) is 5.91 Å². The molecule has 0 aromatic heterocycles. The van der Waals surface area contributed by atoms with Crippen molar-refractivity contribution in [1.29, 1.82) is 0 Å². The van der Waals surface area contributed by atoms with Crippen LogP contribution in [0.25, 0.3) is 0 Å². The van der Waals surface area contributed by atoms with Gasteiger partial charge in [-0.25, -0.2) is 0 Å². The largest absolute Gasteiger partial charge is 0.469 e. The number of carbonyl (C=O) groups is 2. The highest BCUT2D eigenvalue weighted by Crippen LogP contribution is 2.10. The van der Waals surface area contributed by atoms with Gasteiger partial charge in [0, 0.05) is 6.42 Å². The SMILES string of the molecule is COC(=O)CCC1NC(=O)[C@@H](Cc2ccccc2)N1. The van der Waals surface area contributed by atoms with Gasteiger partial charge >= 0.3 is 5.97 Å². The minimum absolute atomic E-state index is 0.0151. The Hall–Kier alpha value is -1.88. The Bertz CT molecular complexity index is 447. The van der Waals surface area contributed by atoms with E-state index in [2.05, 4.69) is 15.4 Å². The number of esters is 1. The van der Waals surface area contributed by atoms with Gasteiger partial charge in [-0.05, 0) is 18.4 Å². The molecule has 2 rings (SSSR count). The monoisotopic (exact) mass is 262 g/mol. The molecule has 1 aromatic carbocycles. The van der Waals surface area contributed by atoms with Crippen molar-refractivity contribution in [1.82, 2.24) is 10.6 Å². The summed E-state index contributed by atoms with van der Waals surface area (Å²) in [5, 5.41) is 6.05. The molecule has 2 atom stereocenters. The van der Waals surface area contributed by atoms with E-state index in [-0.39, 0.29) is 24.1 Å². The van der Waals surface area contributed by atoms with Crippen molar-refractivity contribution in [3.05, 3.63) is 35.9 Å². The molecular weight excluding hydrogens is 244 g/mol. The Labute approximate surface area is 112 Å². The Morgan fingerprint density at radius 2 is 2.05 bits per heavy atom. The number of hydrogen-bond donors (Lipinski definition) is 2. The van der Waals surface area contributed by atoms with E-state index in [0.717, 1.165) is 5.56 Å². The highest BCUT2D eigenvalue weighted by Gasteiger charge is 2.30. The summed E-state index contributed by atoms with van der Waals surface area (Å²) < 4.78 is 4.58. The highest BCUT2D eigenvalue weighted by molar-refractivity contribution is 5.84. The number of rotatable bonds is 5. The average molecular weight is 262 g/mol.